The maximum Gasteiger partial charge on any atom is 0.331 e. The second-order valence-electron chi connectivity index (χ2n) is 6.10. The van der Waals surface area contributed by atoms with Crippen LogP contribution in [0.4, 0.5) is 10.1 Å². The highest BCUT2D eigenvalue weighted by Crippen LogP contribution is 2.13. The topological polar surface area (TPSA) is 75.7 Å². The van der Waals surface area contributed by atoms with Crippen molar-refractivity contribution >= 4 is 29.5 Å². The average Bonchev–Trinajstić information content (AvgIpc) is 2.72. The summed E-state index contributed by atoms with van der Waals surface area (Å²) >= 11 is 0. The number of carbonyl (C=O) groups is 3. The van der Waals surface area contributed by atoms with Gasteiger partial charge in [0, 0.05) is 30.4 Å². The highest BCUT2D eigenvalue weighted by molar-refractivity contribution is 5.98. The van der Waals surface area contributed by atoms with Crippen LogP contribution in [0.15, 0.2) is 54.6 Å². The van der Waals surface area contributed by atoms with Gasteiger partial charge in [0.25, 0.3) is 11.8 Å². The van der Waals surface area contributed by atoms with Crippen molar-refractivity contribution in [2.75, 3.05) is 25.0 Å². The van der Waals surface area contributed by atoms with Gasteiger partial charge in [-0.25, -0.2) is 9.18 Å². The summed E-state index contributed by atoms with van der Waals surface area (Å²) in [5, 5.41) is 2.59. The van der Waals surface area contributed by atoms with Crippen molar-refractivity contribution in [1.82, 2.24) is 4.90 Å². The second-order valence-corrected chi connectivity index (χ2v) is 6.10. The van der Waals surface area contributed by atoms with Crippen LogP contribution in [0.5, 0.6) is 0 Å². The molecule has 0 aliphatic heterocycles. The van der Waals surface area contributed by atoms with E-state index in [-0.39, 0.29) is 5.91 Å². The van der Waals surface area contributed by atoms with E-state index in [1.807, 2.05) is 13.8 Å². The van der Waals surface area contributed by atoms with Crippen LogP contribution in [0.1, 0.15) is 29.8 Å². The van der Waals surface area contributed by atoms with Crippen molar-refractivity contribution in [2.24, 2.45) is 0 Å². The molecule has 2 amide bonds. The van der Waals surface area contributed by atoms with E-state index in [1.165, 1.54) is 24.3 Å². The molecule has 1 N–H and O–H groups in total. The quantitative estimate of drug-likeness (QED) is 0.545. The van der Waals surface area contributed by atoms with Crippen LogP contribution >= 0.6 is 0 Å². The van der Waals surface area contributed by atoms with Crippen LogP contribution in [-0.2, 0) is 14.3 Å². The van der Waals surface area contributed by atoms with Crippen LogP contribution in [0.3, 0.4) is 0 Å². The molecule has 2 aromatic carbocycles. The molecular formula is C22H23FN2O4. The molecule has 0 saturated carbocycles. The summed E-state index contributed by atoms with van der Waals surface area (Å²) in [6.45, 7) is 4.48. The van der Waals surface area contributed by atoms with E-state index < -0.39 is 24.3 Å². The minimum atomic E-state index is -0.727. The van der Waals surface area contributed by atoms with E-state index >= 15 is 0 Å². The van der Waals surface area contributed by atoms with Gasteiger partial charge in [-0.15, -0.1) is 0 Å². The predicted octanol–water partition coefficient (Wildman–Crippen LogP) is 3.50. The van der Waals surface area contributed by atoms with Crippen LogP contribution in [-0.4, -0.2) is 42.4 Å². The zero-order valence-corrected chi connectivity index (χ0v) is 16.4. The predicted molar refractivity (Wildman–Crippen MR) is 109 cm³/mol. The number of ether oxygens (including phenoxy) is 1. The number of benzene rings is 2. The van der Waals surface area contributed by atoms with Crippen molar-refractivity contribution < 1.29 is 23.5 Å². The van der Waals surface area contributed by atoms with Crippen LogP contribution in [0.25, 0.3) is 6.08 Å². The van der Waals surface area contributed by atoms with Gasteiger partial charge in [-0.3, -0.25) is 9.59 Å². The monoisotopic (exact) mass is 398 g/mol. The minimum Gasteiger partial charge on any atom is -0.452 e. The van der Waals surface area contributed by atoms with Crippen LogP contribution in [0, 0.1) is 5.82 Å². The van der Waals surface area contributed by atoms with Gasteiger partial charge in [0.15, 0.2) is 6.61 Å². The standard InChI is InChI=1S/C22H23FN2O4/c1-3-25(4-2)22(28)17-8-6-10-19(14-17)24-20(26)15-29-21(27)12-11-16-7-5-9-18(23)13-16/h5-14H,3-4,15H2,1-2H3,(H,24,26)/b12-11+. The van der Waals surface area contributed by atoms with Crippen molar-refractivity contribution in [2.45, 2.75) is 13.8 Å². The van der Waals surface area contributed by atoms with E-state index in [0.29, 0.717) is 29.9 Å². The number of carbonyl (C=O) groups excluding carboxylic acids is 3. The molecule has 0 atom stereocenters. The fraction of sp³-hybridized carbons (Fsp3) is 0.227. The molecule has 6 nitrogen and oxygen atoms in total. The molecule has 0 heterocycles. The lowest BCUT2D eigenvalue weighted by Gasteiger charge is -2.19. The van der Waals surface area contributed by atoms with Gasteiger partial charge in [-0.05, 0) is 55.8 Å². The summed E-state index contributed by atoms with van der Waals surface area (Å²) in [4.78, 5) is 37.8. The zero-order valence-electron chi connectivity index (χ0n) is 16.4. The molecule has 29 heavy (non-hydrogen) atoms. The van der Waals surface area contributed by atoms with Crippen molar-refractivity contribution in [3.05, 3.63) is 71.6 Å². The maximum absolute atomic E-state index is 13.1. The number of hydrogen-bond acceptors (Lipinski definition) is 4. The molecule has 0 bridgehead atoms. The first-order chi connectivity index (χ1) is 13.9. The number of halogens is 1. The third kappa shape index (κ3) is 6.88. The molecule has 7 heteroatoms. The summed E-state index contributed by atoms with van der Waals surface area (Å²) in [5.41, 5.74) is 1.39. The summed E-state index contributed by atoms with van der Waals surface area (Å²) in [6.07, 6.45) is 2.51. The molecule has 2 aromatic rings. The average molecular weight is 398 g/mol. The lowest BCUT2D eigenvalue weighted by molar-refractivity contribution is -0.142. The molecule has 0 saturated heterocycles. The molecule has 0 aromatic heterocycles. The Morgan fingerprint density at radius 3 is 2.48 bits per heavy atom. The van der Waals surface area contributed by atoms with Gasteiger partial charge in [-0.1, -0.05) is 18.2 Å². The Morgan fingerprint density at radius 1 is 1.07 bits per heavy atom. The van der Waals surface area contributed by atoms with Gasteiger partial charge in [0.2, 0.25) is 0 Å². The number of amides is 2. The highest BCUT2D eigenvalue weighted by Gasteiger charge is 2.13. The molecule has 0 fully saturated rings. The Morgan fingerprint density at radius 2 is 1.79 bits per heavy atom. The first kappa shape index (κ1) is 21.8. The fourth-order valence-corrected chi connectivity index (χ4v) is 2.58. The molecule has 0 unspecified atom stereocenters. The molecule has 152 valence electrons. The Labute approximate surface area is 169 Å². The molecule has 0 radical (unpaired) electrons. The van der Waals surface area contributed by atoms with Gasteiger partial charge < -0.3 is 15.0 Å². The smallest absolute Gasteiger partial charge is 0.331 e. The van der Waals surface area contributed by atoms with E-state index in [0.717, 1.165) is 6.08 Å². The summed E-state index contributed by atoms with van der Waals surface area (Å²) in [6, 6.07) is 12.3. The van der Waals surface area contributed by atoms with Gasteiger partial charge in [-0.2, -0.15) is 0 Å². The van der Waals surface area contributed by atoms with E-state index in [4.69, 9.17) is 4.74 Å². The first-order valence-corrected chi connectivity index (χ1v) is 9.22. The lowest BCUT2D eigenvalue weighted by atomic mass is 10.1. The Balaban J connectivity index is 1.88. The van der Waals surface area contributed by atoms with Gasteiger partial charge >= 0.3 is 5.97 Å². The Kier molecular flexibility index (Phi) is 8.09. The largest absolute Gasteiger partial charge is 0.452 e. The molecule has 2 rings (SSSR count). The number of hydrogen-bond donors (Lipinski definition) is 1. The summed E-state index contributed by atoms with van der Waals surface area (Å²) in [7, 11) is 0. The summed E-state index contributed by atoms with van der Waals surface area (Å²) in [5.74, 6) is -1.80. The second kappa shape index (κ2) is 10.8. The Hall–Kier alpha value is -3.48. The number of esters is 1. The number of nitrogens with one attached hydrogen (secondary N) is 1. The fourth-order valence-electron chi connectivity index (χ4n) is 2.58. The molecular weight excluding hydrogens is 375 g/mol. The lowest BCUT2D eigenvalue weighted by Crippen LogP contribution is -2.30. The SMILES string of the molecule is CCN(CC)C(=O)c1cccc(NC(=O)COC(=O)/C=C/c2cccc(F)c2)c1. The number of rotatable bonds is 8. The van der Waals surface area contributed by atoms with E-state index in [2.05, 4.69) is 5.32 Å². The van der Waals surface area contributed by atoms with E-state index in [9.17, 15) is 18.8 Å². The zero-order chi connectivity index (χ0) is 21.2. The van der Waals surface area contributed by atoms with Crippen LogP contribution in [0.2, 0.25) is 0 Å². The molecule has 0 aliphatic rings. The summed E-state index contributed by atoms with van der Waals surface area (Å²) < 4.78 is 18.0. The number of anilines is 1. The van der Waals surface area contributed by atoms with Gasteiger partial charge in [0.1, 0.15) is 5.82 Å². The van der Waals surface area contributed by atoms with Crippen molar-refractivity contribution in [1.29, 1.82) is 0 Å². The first-order valence-electron chi connectivity index (χ1n) is 9.22. The molecule has 0 aliphatic carbocycles. The van der Waals surface area contributed by atoms with Crippen molar-refractivity contribution in [3.8, 4) is 0 Å². The Bertz CT molecular complexity index is 907. The third-order valence-electron chi connectivity index (χ3n) is 4.05. The highest BCUT2D eigenvalue weighted by atomic mass is 19.1. The van der Waals surface area contributed by atoms with E-state index in [1.54, 1.807) is 35.2 Å². The third-order valence-corrected chi connectivity index (χ3v) is 4.05. The van der Waals surface area contributed by atoms with Crippen LogP contribution < -0.4 is 5.32 Å². The normalized spacial score (nSPS) is 10.6. The van der Waals surface area contributed by atoms with Crippen molar-refractivity contribution in [3.63, 3.8) is 0 Å². The minimum absolute atomic E-state index is 0.125. The number of nitrogens with zero attached hydrogens (tertiary/aromatic N) is 1. The maximum atomic E-state index is 13.1. The molecule has 0 spiro atoms. The van der Waals surface area contributed by atoms with Gasteiger partial charge in [0.05, 0.1) is 0 Å².